The number of hydrogen-bond donors (Lipinski definition) is 3. The molecule has 178 valence electrons. The molecule has 1 saturated heterocycles. The third kappa shape index (κ3) is 4.18. The van der Waals surface area contributed by atoms with Crippen LogP contribution < -0.4 is 16.6 Å². The van der Waals surface area contributed by atoms with Crippen molar-refractivity contribution in [2.24, 2.45) is 5.92 Å². The summed E-state index contributed by atoms with van der Waals surface area (Å²) in [5, 5.41) is 13.8. The van der Waals surface area contributed by atoms with Crippen molar-refractivity contribution < 1.29 is 9.90 Å². The lowest BCUT2D eigenvalue weighted by Crippen LogP contribution is -2.44. The highest BCUT2D eigenvalue weighted by molar-refractivity contribution is 5.89. The largest absolute Gasteiger partial charge is 0.398 e. The third-order valence-electron chi connectivity index (χ3n) is 7.86. The van der Waals surface area contributed by atoms with Crippen molar-refractivity contribution in [2.75, 3.05) is 24.1 Å². The molecule has 0 aromatic carbocycles. The van der Waals surface area contributed by atoms with E-state index in [1.807, 2.05) is 9.47 Å². The number of aliphatic hydroxyl groups is 1. The first-order chi connectivity index (χ1) is 15.9. The zero-order chi connectivity index (χ0) is 23.1. The SMILES string of the molecule is Cc1c(N)c2cnc(N[C@H]3CC[C@H](C(=O)N4CCC(O)CC4)CC3)nc2n(C2CCC2)c1=O. The number of hydrogen-bond acceptors (Lipinski definition) is 7. The van der Waals surface area contributed by atoms with E-state index in [9.17, 15) is 14.7 Å². The maximum Gasteiger partial charge on any atom is 0.257 e. The zero-order valence-electron chi connectivity index (χ0n) is 19.3. The number of amides is 1. The van der Waals surface area contributed by atoms with Gasteiger partial charge >= 0.3 is 0 Å². The van der Waals surface area contributed by atoms with Gasteiger partial charge in [0.05, 0.1) is 17.2 Å². The van der Waals surface area contributed by atoms with Gasteiger partial charge in [-0.2, -0.15) is 4.98 Å². The number of nitrogens with one attached hydrogen (secondary N) is 1. The highest BCUT2D eigenvalue weighted by atomic mass is 16.3. The standard InChI is InChI=1S/C24H34N6O3/c1-14-20(25)19-13-26-24(28-21(19)30(22(14)32)17-3-2-4-17)27-16-7-5-15(6-8-16)23(33)29-11-9-18(31)10-12-29/h13,15-18,31H,2-12,25H2,1H3,(H,26,27,28)/t15-,16-. The summed E-state index contributed by atoms with van der Waals surface area (Å²) >= 11 is 0. The molecule has 9 nitrogen and oxygen atoms in total. The van der Waals surface area contributed by atoms with Gasteiger partial charge in [0.2, 0.25) is 11.9 Å². The van der Waals surface area contributed by atoms with E-state index in [1.165, 1.54) is 0 Å². The number of nitrogen functional groups attached to an aromatic ring is 1. The number of fused-ring (bicyclic) bond motifs is 1. The Morgan fingerprint density at radius 2 is 1.82 bits per heavy atom. The van der Waals surface area contributed by atoms with Crippen LogP contribution in [0.4, 0.5) is 11.6 Å². The van der Waals surface area contributed by atoms with Crippen molar-refractivity contribution in [3.63, 3.8) is 0 Å². The van der Waals surface area contributed by atoms with E-state index in [4.69, 9.17) is 10.7 Å². The Labute approximate surface area is 193 Å². The molecule has 1 aliphatic heterocycles. The molecule has 2 aromatic heterocycles. The first kappa shape index (κ1) is 22.1. The molecule has 3 aliphatic rings. The average molecular weight is 455 g/mol. The smallest absolute Gasteiger partial charge is 0.257 e. The van der Waals surface area contributed by atoms with Gasteiger partial charge in [-0.05, 0) is 64.7 Å². The van der Waals surface area contributed by atoms with Crippen LogP contribution in [0.25, 0.3) is 11.0 Å². The molecule has 3 fully saturated rings. The molecule has 0 unspecified atom stereocenters. The molecule has 2 aliphatic carbocycles. The normalized spacial score (nSPS) is 24.6. The van der Waals surface area contributed by atoms with Crippen molar-refractivity contribution in [1.29, 1.82) is 0 Å². The van der Waals surface area contributed by atoms with Crippen molar-refractivity contribution in [1.82, 2.24) is 19.4 Å². The highest BCUT2D eigenvalue weighted by Crippen LogP contribution is 2.34. The topological polar surface area (TPSA) is 126 Å². The maximum absolute atomic E-state index is 12.9. The quantitative estimate of drug-likeness (QED) is 0.647. The maximum atomic E-state index is 12.9. The number of aliphatic hydroxyl groups excluding tert-OH is 1. The van der Waals surface area contributed by atoms with Gasteiger partial charge in [-0.25, -0.2) is 4.98 Å². The molecular formula is C24H34N6O3. The van der Waals surface area contributed by atoms with E-state index >= 15 is 0 Å². The van der Waals surface area contributed by atoms with E-state index in [2.05, 4.69) is 10.3 Å². The Kier molecular flexibility index (Phi) is 5.99. The Bertz CT molecular complexity index is 1100. The van der Waals surface area contributed by atoms with Crippen molar-refractivity contribution in [2.45, 2.75) is 82.9 Å². The molecule has 0 bridgehead atoms. The van der Waals surface area contributed by atoms with Gasteiger partial charge in [0.15, 0.2) is 5.65 Å². The first-order valence-electron chi connectivity index (χ1n) is 12.3. The van der Waals surface area contributed by atoms with Crippen molar-refractivity contribution in [3.8, 4) is 0 Å². The van der Waals surface area contributed by atoms with Gasteiger partial charge in [0.25, 0.3) is 5.56 Å². The second kappa shape index (κ2) is 8.93. The number of carbonyl (C=O) groups is 1. The molecule has 5 rings (SSSR count). The summed E-state index contributed by atoms with van der Waals surface area (Å²) < 4.78 is 1.81. The van der Waals surface area contributed by atoms with E-state index in [1.54, 1.807) is 13.1 Å². The van der Waals surface area contributed by atoms with Crippen LogP contribution in [-0.4, -0.2) is 55.7 Å². The highest BCUT2D eigenvalue weighted by Gasteiger charge is 2.32. The summed E-state index contributed by atoms with van der Waals surface area (Å²) in [6, 6.07) is 0.376. The molecule has 0 spiro atoms. The van der Waals surface area contributed by atoms with Crippen LogP contribution in [0.1, 0.15) is 69.4 Å². The van der Waals surface area contributed by atoms with Crippen molar-refractivity contribution in [3.05, 3.63) is 22.1 Å². The molecule has 0 atom stereocenters. The number of piperidine rings is 1. The molecule has 0 radical (unpaired) electrons. The minimum atomic E-state index is -0.268. The molecule has 2 saturated carbocycles. The van der Waals surface area contributed by atoms with Crippen LogP contribution in [0, 0.1) is 12.8 Å². The molecule has 2 aromatic rings. The van der Waals surface area contributed by atoms with E-state index in [-0.39, 0.29) is 35.6 Å². The van der Waals surface area contributed by atoms with Crippen LogP contribution in [0.5, 0.6) is 0 Å². The van der Waals surface area contributed by atoms with Gasteiger partial charge < -0.3 is 21.1 Å². The van der Waals surface area contributed by atoms with Crippen LogP contribution in [0.2, 0.25) is 0 Å². The van der Waals surface area contributed by atoms with Gasteiger partial charge in [0.1, 0.15) is 0 Å². The minimum absolute atomic E-state index is 0.0568. The fraction of sp³-hybridized carbons (Fsp3) is 0.667. The second-order valence-corrected chi connectivity index (χ2v) is 9.98. The third-order valence-corrected chi connectivity index (χ3v) is 7.86. The van der Waals surface area contributed by atoms with Gasteiger partial charge in [-0.15, -0.1) is 0 Å². The minimum Gasteiger partial charge on any atom is -0.398 e. The number of pyridine rings is 1. The van der Waals surface area contributed by atoms with Gasteiger partial charge in [-0.1, -0.05) is 0 Å². The number of likely N-dealkylation sites (tertiary alicyclic amines) is 1. The molecular weight excluding hydrogens is 420 g/mol. The fourth-order valence-electron chi connectivity index (χ4n) is 5.41. The van der Waals surface area contributed by atoms with E-state index < -0.39 is 0 Å². The first-order valence-corrected chi connectivity index (χ1v) is 12.3. The zero-order valence-corrected chi connectivity index (χ0v) is 19.3. The number of carbonyl (C=O) groups excluding carboxylic acids is 1. The predicted molar refractivity (Wildman–Crippen MR) is 127 cm³/mol. The Morgan fingerprint density at radius 3 is 2.45 bits per heavy atom. The van der Waals surface area contributed by atoms with Crippen LogP contribution >= 0.6 is 0 Å². The van der Waals surface area contributed by atoms with Gasteiger partial charge in [0, 0.05) is 42.9 Å². The van der Waals surface area contributed by atoms with E-state index in [0.717, 1.165) is 50.3 Å². The lowest BCUT2D eigenvalue weighted by atomic mass is 9.85. The Morgan fingerprint density at radius 1 is 1.12 bits per heavy atom. The molecule has 3 heterocycles. The number of aromatic nitrogens is 3. The van der Waals surface area contributed by atoms with E-state index in [0.29, 0.717) is 48.8 Å². The predicted octanol–water partition coefficient (Wildman–Crippen LogP) is 2.36. The molecule has 9 heteroatoms. The lowest BCUT2D eigenvalue weighted by molar-refractivity contribution is -0.138. The number of anilines is 2. The molecule has 1 amide bonds. The second-order valence-electron chi connectivity index (χ2n) is 9.98. The number of nitrogens with zero attached hydrogens (tertiary/aromatic N) is 4. The number of nitrogens with two attached hydrogens (primary N) is 1. The number of rotatable bonds is 4. The fourth-order valence-corrected chi connectivity index (χ4v) is 5.41. The summed E-state index contributed by atoms with van der Waals surface area (Å²) in [6.07, 6.45) is 9.33. The Balaban J connectivity index is 1.28. The molecule has 33 heavy (non-hydrogen) atoms. The van der Waals surface area contributed by atoms with Crippen LogP contribution in [0.15, 0.2) is 11.0 Å². The Hall–Kier alpha value is -2.68. The molecule has 4 N–H and O–H groups in total. The summed E-state index contributed by atoms with van der Waals surface area (Å²) in [5.74, 6) is 0.804. The summed E-state index contributed by atoms with van der Waals surface area (Å²) in [6.45, 7) is 3.09. The van der Waals surface area contributed by atoms with Gasteiger partial charge in [-0.3, -0.25) is 14.2 Å². The van der Waals surface area contributed by atoms with Crippen molar-refractivity contribution >= 4 is 28.6 Å². The summed E-state index contributed by atoms with van der Waals surface area (Å²) in [7, 11) is 0. The average Bonchev–Trinajstić information content (AvgIpc) is 2.79. The summed E-state index contributed by atoms with van der Waals surface area (Å²) in [5.41, 5.74) is 7.81. The van der Waals surface area contributed by atoms with Crippen LogP contribution in [-0.2, 0) is 4.79 Å². The van der Waals surface area contributed by atoms with Crippen LogP contribution in [0.3, 0.4) is 0 Å². The lowest BCUT2D eigenvalue weighted by Gasteiger charge is -2.35. The monoisotopic (exact) mass is 454 g/mol. The summed E-state index contributed by atoms with van der Waals surface area (Å²) in [4.78, 5) is 36.9.